The Morgan fingerprint density at radius 1 is 1.40 bits per heavy atom. The lowest BCUT2D eigenvalue weighted by atomic mass is 10.2. The molecule has 0 radical (unpaired) electrons. The molecule has 72 valence electrons. The summed E-state index contributed by atoms with van der Waals surface area (Å²) in [5.74, 6) is 0. The Balaban J connectivity index is 2.44. The molecule has 2 rings (SSSR count). The first kappa shape index (κ1) is 10.2. The summed E-state index contributed by atoms with van der Waals surface area (Å²) in [4.78, 5) is 5.50. The van der Waals surface area contributed by atoms with Gasteiger partial charge in [-0.2, -0.15) is 0 Å². The molecule has 0 saturated heterocycles. The zero-order valence-electron chi connectivity index (χ0n) is 7.94. The van der Waals surface area contributed by atoms with Crippen LogP contribution < -0.4 is 0 Å². The molecular weight excluding hydrogens is 224 g/mol. The number of hydrogen-bond donors (Lipinski definition) is 0. The fourth-order valence-electron chi connectivity index (χ4n) is 1.21. The highest BCUT2D eigenvalue weighted by atomic mass is 32.2. The average molecular weight is 230 g/mol. The monoisotopic (exact) mass is 230 g/mol. The van der Waals surface area contributed by atoms with E-state index in [4.69, 9.17) is 11.8 Å². The summed E-state index contributed by atoms with van der Waals surface area (Å²) >= 11 is 3.02. The van der Waals surface area contributed by atoms with E-state index in [9.17, 15) is 0 Å². The normalized spacial score (nSPS) is 16.5. The fraction of sp³-hybridized carbons (Fsp3) is 0.0909. The number of nitrogens with zero attached hydrogens (tertiary/aromatic N) is 2. The second kappa shape index (κ2) is 4.02. The molecule has 0 aromatic heterocycles. The molecule has 1 aliphatic heterocycles. The van der Waals surface area contributed by atoms with Crippen molar-refractivity contribution in [3.05, 3.63) is 45.1 Å². The van der Waals surface area contributed by atoms with Crippen molar-refractivity contribution in [2.45, 2.75) is 16.7 Å². The number of nitriles is 1. The van der Waals surface area contributed by atoms with Crippen LogP contribution in [0.5, 0.6) is 0 Å². The van der Waals surface area contributed by atoms with Gasteiger partial charge in [-0.25, -0.2) is 10.1 Å². The van der Waals surface area contributed by atoms with E-state index in [2.05, 4.69) is 10.9 Å². The minimum absolute atomic E-state index is 0.193. The molecule has 1 aliphatic rings. The van der Waals surface area contributed by atoms with Gasteiger partial charge >= 0.3 is 0 Å². The lowest BCUT2D eigenvalue weighted by Gasteiger charge is -1.95. The van der Waals surface area contributed by atoms with Gasteiger partial charge in [0.1, 0.15) is 0 Å². The summed E-state index contributed by atoms with van der Waals surface area (Å²) in [7, 11) is 0. The van der Waals surface area contributed by atoms with Gasteiger partial charge < -0.3 is 0 Å². The van der Waals surface area contributed by atoms with Crippen LogP contribution in [0, 0.1) is 24.8 Å². The Morgan fingerprint density at radius 3 is 2.80 bits per heavy atom. The van der Waals surface area contributed by atoms with E-state index in [1.54, 1.807) is 0 Å². The lowest BCUT2D eigenvalue weighted by molar-refractivity contribution is 1.23. The molecule has 0 bridgehead atoms. The third-order valence-corrected chi connectivity index (χ3v) is 4.44. The van der Waals surface area contributed by atoms with E-state index < -0.39 is 0 Å². The van der Waals surface area contributed by atoms with Crippen LogP contribution in [-0.4, -0.2) is 0 Å². The summed E-state index contributed by atoms with van der Waals surface area (Å²) in [6.07, 6.45) is 0. The lowest BCUT2D eigenvalue weighted by Crippen LogP contribution is -1.73. The van der Waals surface area contributed by atoms with Gasteiger partial charge in [0.05, 0.1) is 16.9 Å². The summed E-state index contributed by atoms with van der Waals surface area (Å²) in [5.41, 5.74) is 1.39. The molecule has 0 saturated carbocycles. The zero-order valence-corrected chi connectivity index (χ0v) is 9.58. The molecule has 4 heteroatoms. The van der Waals surface area contributed by atoms with Crippen LogP contribution >= 0.6 is 23.5 Å². The van der Waals surface area contributed by atoms with Gasteiger partial charge in [0, 0.05) is 9.79 Å². The molecule has 2 nitrogen and oxygen atoms in total. The molecule has 0 aliphatic carbocycles. The molecule has 1 aromatic rings. The first-order valence-corrected chi connectivity index (χ1v) is 5.86. The average Bonchev–Trinajstić information content (AvgIpc) is 2.62. The van der Waals surface area contributed by atoms with Gasteiger partial charge in [-0.1, -0.05) is 29.6 Å². The van der Waals surface area contributed by atoms with Gasteiger partial charge in [0.2, 0.25) is 0 Å². The van der Waals surface area contributed by atoms with Gasteiger partial charge in [0.15, 0.2) is 0 Å². The van der Waals surface area contributed by atoms with E-state index in [-0.39, 0.29) is 5.70 Å². The van der Waals surface area contributed by atoms with Crippen LogP contribution in [0.15, 0.2) is 37.9 Å². The molecule has 0 N–H and O–H groups in total. The van der Waals surface area contributed by atoms with E-state index in [1.807, 2.05) is 25.1 Å². The summed E-state index contributed by atoms with van der Waals surface area (Å²) in [6, 6.07) is 8.09. The maximum atomic E-state index is 8.77. The third-order valence-electron chi connectivity index (χ3n) is 1.92. The maximum Gasteiger partial charge on any atom is 0.282 e. The van der Waals surface area contributed by atoms with Crippen LogP contribution in [0.3, 0.4) is 0 Å². The number of thioether (sulfide) groups is 2. The van der Waals surface area contributed by atoms with Crippen LogP contribution in [0.2, 0.25) is 0 Å². The number of allylic oxidation sites excluding steroid dienone is 1. The minimum atomic E-state index is 0.193. The fourth-order valence-corrected chi connectivity index (χ4v) is 3.65. The highest BCUT2D eigenvalue weighted by Gasteiger charge is 2.20. The van der Waals surface area contributed by atoms with E-state index in [0.29, 0.717) is 0 Å². The second-order valence-corrected chi connectivity index (χ2v) is 5.38. The highest BCUT2D eigenvalue weighted by molar-refractivity contribution is 8.24. The quantitative estimate of drug-likeness (QED) is 0.501. The Hall–Kier alpha value is -1.36. The Morgan fingerprint density at radius 2 is 2.13 bits per heavy atom. The van der Waals surface area contributed by atoms with Crippen molar-refractivity contribution in [1.82, 2.24) is 0 Å². The first-order valence-electron chi connectivity index (χ1n) is 4.23. The number of benzene rings is 1. The first-order chi connectivity index (χ1) is 7.24. The number of fused-ring (bicyclic) bond motifs is 1. The van der Waals surface area contributed by atoms with Crippen molar-refractivity contribution < 1.29 is 0 Å². The van der Waals surface area contributed by atoms with Crippen molar-refractivity contribution in [3.8, 4) is 6.07 Å². The largest absolute Gasteiger partial charge is 0.282 e. The minimum Gasteiger partial charge on any atom is -0.225 e. The van der Waals surface area contributed by atoms with Crippen LogP contribution in [-0.2, 0) is 0 Å². The summed E-state index contributed by atoms with van der Waals surface area (Å²) in [5, 5.41) is 8.77. The zero-order chi connectivity index (χ0) is 10.8. The molecule has 0 unspecified atom stereocenters. The summed E-state index contributed by atoms with van der Waals surface area (Å²) in [6.45, 7) is 8.93. The maximum absolute atomic E-state index is 8.77. The molecule has 0 fully saturated rings. The highest BCUT2D eigenvalue weighted by Crippen LogP contribution is 2.52. The number of hydrogen-bond acceptors (Lipinski definition) is 3. The Labute approximate surface area is 96.8 Å². The van der Waals surface area contributed by atoms with Crippen LogP contribution in [0.1, 0.15) is 5.56 Å². The van der Waals surface area contributed by atoms with E-state index in [1.165, 1.54) is 29.1 Å². The predicted molar refractivity (Wildman–Crippen MR) is 62.1 cm³/mol. The van der Waals surface area contributed by atoms with Crippen molar-refractivity contribution in [2.24, 2.45) is 0 Å². The van der Waals surface area contributed by atoms with Gasteiger partial charge in [-0.05, 0) is 24.6 Å². The van der Waals surface area contributed by atoms with Crippen LogP contribution in [0.25, 0.3) is 4.85 Å². The van der Waals surface area contributed by atoms with E-state index >= 15 is 0 Å². The Kier molecular flexibility index (Phi) is 2.73. The van der Waals surface area contributed by atoms with Crippen molar-refractivity contribution in [2.75, 3.05) is 0 Å². The Bertz CT molecular complexity index is 516. The SMILES string of the molecule is [C-]#[N+]/C(C#N)=C1\Sc2ccc(C)cc2S1. The molecule has 0 amide bonds. The van der Waals surface area contributed by atoms with Crippen molar-refractivity contribution in [1.29, 1.82) is 5.26 Å². The van der Waals surface area contributed by atoms with Crippen molar-refractivity contribution in [3.63, 3.8) is 0 Å². The number of aryl methyl sites for hydroxylation is 1. The second-order valence-electron chi connectivity index (χ2n) is 3.01. The third kappa shape index (κ3) is 1.87. The van der Waals surface area contributed by atoms with Gasteiger partial charge in [0.25, 0.3) is 5.70 Å². The topological polar surface area (TPSA) is 28.1 Å². The predicted octanol–water partition coefficient (Wildman–Crippen LogP) is 3.80. The number of rotatable bonds is 0. The van der Waals surface area contributed by atoms with Crippen molar-refractivity contribution >= 4 is 23.5 Å². The molecule has 15 heavy (non-hydrogen) atoms. The summed E-state index contributed by atoms with van der Waals surface area (Å²) < 4.78 is 0.799. The van der Waals surface area contributed by atoms with E-state index in [0.717, 1.165) is 14.0 Å². The smallest absolute Gasteiger partial charge is 0.225 e. The molecule has 1 heterocycles. The molecule has 1 aromatic carbocycles. The van der Waals surface area contributed by atoms with Gasteiger partial charge in [-0.15, -0.1) is 0 Å². The molecule has 0 spiro atoms. The van der Waals surface area contributed by atoms with Gasteiger partial charge in [-0.3, -0.25) is 0 Å². The van der Waals surface area contributed by atoms with Crippen LogP contribution in [0.4, 0.5) is 0 Å². The molecular formula is C11H6N2S2. The standard InChI is InChI=1S/C11H6N2S2/c1-7-3-4-9-10(5-7)15-11(14-9)8(6-12)13-2/h3-5H,1H3/b11-8+. The molecule has 0 atom stereocenters.